The lowest BCUT2D eigenvalue weighted by Crippen LogP contribution is -2.03. The third kappa shape index (κ3) is 2.11. The Morgan fingerprint density at radius 3 is 2.41 bits per heavy atom. The second-order valence-corrected chi connectivity index (χ2v) is 4.15. The van der Waals surface area contributed by atoms with E-state index in [1.165, 1.54) is 0 Å². The van der Waals surface area contributed by atoms with Crippen LogP contribution in [0.25, 0.3) is 11.4 Å². The summed E-state index contributed by atoms with van der Waals surface area (Å²) in [6, 6.07) is 5.94. The van der Waals surface area contributed by atoms with E-state index in [2.05, 4.69) is 9.97 Å². The predicted molar refractivity (Wildman–Crippen MR) is 66.0 cm³/mol. The minimum atomic E-state index is -0.543. The molecule has 4 heteroatoms. The van der Waals surface area contributed by atoms with Gasteiger partial charge in [-0.05, 0) is 26.3 Å². The van der Waals surface area contributed by atoms with E-state index in [9.17, 15) is 4.39 Å². The van der Waals surface area contributed by atoms with Crippen LogP contribution in [0.2, 0.25) is 0 Å². The molecule has 3 nitrogen and oxygen atoms in total. The third-order valence-electron chi connectivity index (χ3n) is 2.67. The van der Waals surface area contributed by atoms with Gasteiger partial charge >= 0.3 is 0 Å². The van der Waals surface area contributed by atoms with Gasteiger partial charge in [0.25, 0.3) is 0 Å². The number of anilines is 1. The maximum absolute atomic E-state index is 13.3. The molecule has 0 spiro atoms. The second kappa shape index (κ2) is 4.13. The van der Waals surface area contributed by atoms with Gasteiger partial charge in [0.2, 0.25) is 0 Å². The third-order valence-corrected chi connectivity index (χ3v) is 2.67. The molecule has 1 aromatic heterocycles. The number of benzene rings is 1. The van der Waals surface area contributed by atoms with Gasteiger partial charge in [0.15, 0.2) is 17.5 Å². The number of hydrogen-bond acceptors (Lipinski definition) is 3. The van der Waals surface area contributed by atoms with Crippen molar-refractivity contribution in [3.8, 4) is 11.4 Å². The minimum absolute atomic E-state index is 0.104. The average molecular weight is 231 g/mol. The van der Waals surface area contributed by atoms with Crippen LogP contribution in [0.1, 0.15) is 16.8 Å². The molecule has 0 aliphatic carbocycles. The normalized spacial score (nSPS) is 10.6. The molecule has 2 rings (SSSR count). The average Bonchev–Trinajstić information content (AvgIpc) is 2.25. The van der Waals surface area contributed by atoms with Crippen molar-refractivity contribution >= 4 is 5.82 Å². The number of aromatic nitrogens is 2. The zero-order valence-electron chi connectivity index (χ0n) is 10.1. The van der Waals surface area contributed by atoms with E-state index >= 15 is 0 Å². The second-order valence-electron chi connectivity index (χ2n) is 4.15. The van der Waals surface area contributed by atoms with Crippen LogP contribution in [0.15, 0.2) is 18.2 Å². The van der Waals surface area contributed by atoms with E-state index < -0.39 is 5.82 Å². The lowest BCUT2D eigenvalue weighted by atomic mass is 10.1. The first kappa shape index (κ1) is 11.5. The van der Waals surface area contributed by atoms with Crippen molar-refractivity contribution in [1.82, 2.24) is 9.97 Å². The van der Waals surface area contributed by atoms with Crippen LogP contribution in [-0.2, 0) is 0 Å². The smallest absolute Gasteiger partial charge is 0.186 e. The molecule has 0 amide bonds. The number of halogens is 1. The first-order valence-electron chi connectivity index (χ1n) is 5.36. The Morgan fingerprint density at radius 1 is 1.12 bits per heavy atom. The van der Waals surface area contributed by atoms with Gasteiger partial charge in [-0.1, -0.05) is 23.8 Å². The minimum Gasteiger partial charge on any atom is -0.381 e. The number of nitrogens with zero attached hydrogens (tertiary/aromatic N) is 2. The molecule has 0 unspecified atom stereocenters. The SMILES string of the molecule is Cc1ccc(-c2nc(C)c(F)c(N)n2)c(C)c1. The van der Waals surface area contributed by atoms with Crippen molar-refractivity contribution in [1.29, 1.82) is 0 Å². The highest BCUT2D eigenvalue weighted by atomic mass is 19.1. The van der Waals surface area contributed by atoms with Crippen LogP contribution in [-0.4, -0.2) is 9.97 Å². The summed E-state index contributed by atoms with van der Waals surface area (Å²) < 4.78 is 13.3. The summed E-state index contributed by atoms with van der Waals surface area (Å²) in [5.41, 5.74) is 8.88. The summed E-state index contributed by atoms with van der Waals surface area (Å²) in [7, 11) is 0. The fourth-order valence-electron chi connectivity index (χ4n) is 1.77. The van der Waals surface area contributed by atoms with Gasteiger partial charge < -0.3 is 5.73 Å². The maximum atomic E-state index is 13.3. The Labute approximate surface area is 99.5 Å². The molecule has 0 aliphatic rings. The first-order valence-corrected chi connectivity index (χ1v) is 5.36. The highest BCUT2D eigenvalue weighted by molar-refractivity contribution is 5.62. The molecule has 0 aliphatic heterocycles. The molecular formula is C13H14FN3. The van der Waals surface area contributed by atoms with Crippen LogP contribution in [0.3, 0.4) is 0 Å². The highest BCUT2D eigenvalue weighted by Gasteiger charge is 2.11. The molecule has 0 bridgehead atoms. The van der Waals surface area contributed by atoms with Gasteiger partial charge in [0.1, 0.15) is 0 Å². The summed E-state index contributed by atoms with van der Waals surface area (Å²) in [5, 5.41) is 0. The summed E-state index contributed by atoms with van der Waals surface area (Å²) >= 11 is 0. The predicted octanol–water partition coefficient (Wildman–Crippen LogP) is 2.79. The number of aryl methyl sites for hydroxylation is 3. The fourth-order valence-corrected chi connectivity index (χ4v) is 1.77. The van der Waals surface area contributed by atoms with Crippen LogP contribution < -0.4 is 5.73 Å². The fraction of sp³-hybridized carbons (Fsp3) is 0.231. The van der Waals surface area contributed by atoms with E-state index in [4.69, 9.17) is 5.73 Å². The zero-order chi connectivity index (χ0) is 12.6. The van der Waals surface area contributed by atoms with Crippen molar-refractivity contribution in [3.63, 3.8) is 0 Å². The quantitative estimate of drug-likeness (QED) is 0.821. The van der Waals surface area contributed by atoms with Crippen molar-refractivity contribution in [3.05, 3.63) is 40.8 Å². The Morgan fingerprint density at radius 2 is 1.82 bits per heavy atom. The van der Waals surface area contributed by atoms with E-state index in [0.29, 0.717) is 5.82 Å². The monoisotopic (exact) mass is 231 g/mol. The van der Waals surface area contributed by atoms with Crippen molar-refractivity contribution < 1.29 is 4.39 Å². The van der Waals surface area contributed by atoms with E-state index in [1.54, 1.807) is 6.92 Å². The van der Waals surface area contributed by atoms with E-state index in [-0.39, 0.29) is 11.5 Å². The Hall–Kier alpha value is -1.97. The molecular weight excluding hydrogens is 217 g/mol. The van der Waals surface area contributed by atoms with Gasteiger partial charge in [-0.3, -0.25) is 0 Å². The van der Waals surface area contributed by atoms with Crippen LogP contribution in [0.5, 0.6) is 0 Å². The Balaban J connectivity index is 2.61. The van der Waals surface area contributed by atoms with Gasteiger partial charge in [-0.25, -0.2) is 14.4 Å². The molecule has 0 fully saturated rings. The molecule has 0 saturated heterocycles. The number of hydrogen-bond donors (Lipinski definition) is 1. The van der Waals surface area contributed by atoms with E-state index in [1.807, 2.05) is 32.0 Å². The molecule has 1 heterocycles. The largest absolute Gasteiger partial charge is 0.381 e. The van der Waals surface area contributed by atoms with Crippen LogP contribution in [0.4, 0.5) is 10.2 Å². The zero-order valence-corrected chi connectivity index (χ0v) is 10.1. The molecule has 2 aromatic rings. The maximum Gasteiger partial charge on any atom is 0.186 e. The van der Waals surface area contributed by atoms with Crippen LogP contribution in [0, 0.1) is 26.6 Å². The molecule has 88 valence electrons. The van der Waals surface area contributed by atoms with Crippen molar-refractivity contribution in [2.24, 2.45) is 0 Å². The van der Waals surface area contributed by atoms with Crippen molar-refractivity contribution in [2.75, 3.05) is 5.73 Å². The van der Waals surface area contributed by atoms with E-state index in [0.717, 1.165) is 16.7 Å². The van der Waals surface area contributed by atoms with Gasteiger partial charge in [-0.15, -0.1) is 0 Å². The standard InChI is InChI=1S/C13H14FN3/c1-7-4-5-10(8(2)6-7)13-16-9(3)11(14)12(15)17-13/h4-6H,1-3H3,(H2,15,16,17). The lowest BCUT2D eigenvalue weighted by molar-refractivity contribution is 0.608. The van der Waals surface area contributed by atoms with Crippen LogP contribution >= 0.6 is 0 Å². The van der Waals surface area contributed by atoms with Gasteiger partial charge in [-0.2, -0.15) is 0 Å². The Bertz CT molecular complexity index is 556. The molecule has 0 saturated carbocycles. The van der Waals surface area contributed by atoms with Crippen molar-refractivity contribution in [2.45, 2.75) is 20.8 Å². The molecule has 0 radical (unpaired) electrons. The summed E-state index contributed by atoms with van der Waals surface area (Å²) in [5.74, 6) is -0.176. The summed E-state index contributed by atoms with van der Waals surface area (Å²) in [4.78, 5) is 8.11. The molecule has 17 heavy (non-hydrogen) atoms. The van der Waals surface area contributed by atoms with Gasteiger partial charge in [0.05, 0.1) is 5.69 Å². The summed E-state index contributed by atoms with van der Waals surface area (Å²) in [6.07, 6.45) is 0. The number of rotatable bonds is 1. The number of nitrogens with two attached hydrogens (primary N) is 1. The summed E-state index contributed by atoms with van der Waals surface area (Å²) in [6.45, 7) is 5.57. The molecule has 2 N–H and O–H groups in total. The molecule has 1 aromatic carbocycles. The Kier molecular flexibility index (Phi) is 2.79. The molecule has 0 atom stereocenters. The van der Waals surface area contributed by atoms with Gasteiger partial charge in [0, 0.05) is 5.56 Å². The first-order chi connectivity index (χ1) is 7.99. The lowest BCUT2D eigenvalue weighted by Gasteiger charge is -2.08. The topological polar surface area (TPSA) is 51.8 Å². The highest BCUT2D eigenvalue weighted by Crippen LogP contribution is 2.23. The number of nitrogen functional groups attached to an aromatic ring is 1.